The third-order valence-corrected chi connectivity index (χ3v) is 1.62. The lowest BCUT2D eigenvalue weighted by Crippen LogP contribution is -2.15. The first-order valence-electron chi connectivity index (χ1n) is 8.03. The van der Waals surface area contributed by atoms with Crippen LogP contribution in [0.4, 0.5) is 0 Å². The Morgan fingerprint density at radius 2 is 1.38 bits per heavy atom. The topological polar surface area (TPSA) is 29.1 Å². The summed E-state index contributed by atoms with van der Waals surface area (Å²) in [4.78, 5) is 10.1. The number of carbonyl (C=O) groups is 1. The summed E-state index contributed by atoms with van der Waals surface area (Å²) in [7, 11) is 0. The van der Waals surface area contributed by atoms with E-state index >= 15 is 0 Å². The molecular weight excluding hydrogens is 278 g/mol. The minimum atomic E-state index is 0.105. The first-order valence-corrected chi connectivity index (χ1v) is 8.66. The number of benzene rings is 1. The van der Waals surface area contributed by atoms with E-state index in [1.54, 1.807) is 0 Å². The molecule has 1 aromatic carbocycles. The number of nitrogens with one attached hydrogen (secondary N) is 1. The van der Waals surface area contributed by atoms with Gasteiger partial charge in [0.15, 0.2) is 0 Å². The molecule has 0 aliphatic heterocycles. The molecular formula is C18H37NOS. The summed E-state index contributed by atoms with van der Waals surface area (Å²) in [6.07, 6.45) is 1.97. The van der Waals surface area contributed by atoms with Gasteiger partial charge in [0.1, 0.15) is 0 Å². The van der Waals surface area contributed by atoms with Crippen molar-refractivity contribution in [3.8, 4) is 0 Å². The van der Waals surface area contributed by atoms with Crippen molar-refractivity contribution in [2.45, 2.75) is 67.9 Å². The van der Waals surface area contributed by atoms with Gasteiger partial charge in [-0.15, -0.1) is 0 Å². The van der Waals surface area contributed by atoms with Crippen molar-refractivity contribution in [1.29, 1.82) is 0 Å². The van der Waals surface area contributed by atoms with Gasteiger partial charge in [-0.05, 0) is 18.2 Å². The molecule has 0 heterocycles. The van der Waals surface area contributed by atoms with Crippen LogP contribution in [0.1, 0.15) is 73.4 Å². The Kier molecular flexibility index (Phi) is 42.3. The summed E-state index contributed by atoms with van der Waals surface area (Å²) in [6.45, 7) is 16.2. The zero-order valence-electron chi connectivity index (χ0n) is 15.3. The van der Waals surface area contributed by atoms with Gasteiger partial charge in [-0.25, -0.2) is 0 Å². The van der Waals surface area contributed by atoms with Crippen LogP contribution in [0.5, 0.6) is 0 Å². The van der Waals surface area contributed by atoms with Crippen LogP contribution in [0.3, 0.4) is 0 Å². The molecule has 0 bridgehead atoms. The van der Waals surface area contributed by atoms with E-state index in [0.29, 0.717) is 0 Å². The Morgan fingerprint density at radius 1 is 1.05 bits per heavy atom. The number of rotatable bonds is 3. The third kappa shape index (κ3) is 28.0. The molecule has 1 amide bonds. The van der Waals surface area contributed by atoms with Crippen LogP contribution in [0.25, 0.3) is 0 Å². The van der Waals surface area contributed by atoms with Gasteiger partial charge in [0, 0.05) is 0 Å². The zero-order valence-corrected chi connectivity index (χ0v) is 16.2. The van der Waals surface area contributed by atoms with Crippen LogP contribution in [-0.4, -0.2) is 12.2 Å². The first-order chi connectivity index (χ1) is 10.2. The highest BCUT2D eigenvalue weighted by atomic mass is 32.1. The van der Waals surface area contributed by atoms with Crippen molar-refractivity contribution >= 4 is 19.0 Å². The average Bonchev–Trinajstić information content (AvgIpc) is 2.54. The van der Waals surface area contributed by atoms with Crippen LogP contribution in [0, 0.1) is 0 Å². The first kappa shape index (κ1) is 28.2. The summed E-state index contributed by atoms with van der Waals surface area (Å²) in [5.41, 5.74) is 1.12. The normalized spacial score (nSPS) is 8.62. The van der Waals surface area contributed by atoms with Crippen LogP contribution in [0.15, 0.2) is 30.3 Å². The molecule has 1 N–H and O–H groups in total. The number of carbonyl (C=O) groups excluding carboxylic acids is 1. The lowest BCUT2D eigenvalue weighted by Gasteiger charge is -2.08. The molecule has 0 fully saturated rings. The van der Waals surface area contributed by atoms with Crippen molar-refractivity contribution in [3.05, 3.63) is 35.9 Å². The second kappa shape index (κ2) is 31.4. The summed E-state index contributed by atoms with van der Waals surface area (Å²) >= 11 is 3.79. The van der Waals surface area contributed by atoms with E-state index in [1.807, 2.05) is 71.9 Å². The van der Waals surface area contributed by atoms with Crippen molar-refractivity contribution in [3.63, 3.8) is 0 Å². The van der Waals surface area contributed by atoms with Crippen molar-refractivity contribution in [1.82, 2.24) is 5.32 Å². The quantitative estimate of drug-likeness (QED) is 0.528. The molecule has 0 aliphatic carbocycles. The summed E-state index contributed by atoms with van der Waals surface area (Å²) in [5, 5.41) is 2.68. The molecule has 1 atom stereocenters. The number of amides is 1. The summed E-state index contributed by atoms with van der Waals surface area (Å²) in [5.74, 6) is 0.944. The second-order valence-electron chi connectivity index (χ2n) is 3.44. The van der Waals surface area contributed by atoms with Crippen LogP contribution < -0.4 is 5.32 Å². The SMILES string of the molecule is CC.CC.CC(NC=O)c1ccccc1.CCC.CCS. The Hall–Kier alpha value is -0.960. The van der Waals surface area contributed by atoms with Gasteiger partial charge >= 0.3 is 0 Å². The fourth-order valence-electron chi connectivity index (χ4n) is 0.940. The molecule has 2 nitrogen and oxygen atoms in total. The minimum absolute atomic E-state index is 0.105. The number of hydrogen-bond acceptors (Lipinski definition) is 2. The van der Waals surface area contributed by atoms with Gasteiger partial charge in [-0.3, -0.25) is 4.79 Å². The third-order valence-electron chi connectivity index (χ3n) is 1.62. The van der Waals surface area contributed by atoms with E-state index < -0.39 is 0 Å². The van der Waals surface area contributed by atoms with E-state index in [4.69, 9.17) is 0 Å². The van der Waals surface area contributed by atoms with Gasteiger partial charge in [0.05, 0.1) is 6.04 Å². The molecule has 126 valence electrons. The van der Waals surface area contributed by atoms with Crippen LogP contribution in [0.2, 0.25) is 0 Å². The van der Waals surface area contributed by atoms with Crippen molar-refractivity contribution in [2.24, 2.45) is 0 Å². The molecule has 21 heavy (non-hydrogen) atoms. The average molecular weight is 316 g/mol. The minimum Gasteiger partial charge on any atom is -0.352 e. The smallest absolute Gasteiger partial charge is 0.207 e. The molecule has 0 aliphatic rings. The van der Waals surface area contributed by atoms with Gasteiger partial charge in [-0.2, -0.15) is 12.6 Å². The molecule has 0 aromatic heterocycles. The maximum absolute atomic E-state index is 10.1. The zero-order chi connectivity index (χ0) is 17.5. The summed E-state index contributed by atoms with van der Waals surface area (Å²) < 4.78 is 0. The Labute approximate surface area is 139 Å². The molecule has 0 saturated carbocycles. The van der Waals surface area contributed by atoms with E-state index in [-0.39, 0.29) is 6.04 Å². The predicted molar refractivity (Wildman–Crippen MR) is 102 cm³/mol. The van der Waals surface area contributed by atoms with E-state index in [2.05, 4.69) is 31.8 Å². The molecule has 0 saturated heterocycles. The molecule has 0 spiro atoms. The van der Waals surface area contributed by atoms with Gasteiger partial charge in [-0.1, -0.05) is 85.2 Å². The molecule has 0 radical (unpaired) electrons. The Balaban J connectivity index is -0.000000121. The second-order valence-corrected chi connectivity index (χ2v) is 4.07. The summed E-state index contributed by atoms with van der Waals surface area (Å²) in [6, 6.07) is 9.95. The lowest BCUT2D eigenvalue weighted by atomic mass is 10.1. The molecule has 1 unspecified atom stereocenters. The highest BCUT2D eigenvalue weighted by Crippen LogP contribution is 2.09. The monoisotopic (exact) mass is 315 g/mol. The fraction of sp³-hybridized carbons (Fsp3) is 0.611. The molecule has 1 aromatic rings. The van der Waals surface area contributed by atoms with Gasteiger partial charge in [0.2, 0.25) is 6.41 Å². The molecule has 1 rings (SSSR count). The molecule has 3 heteroatoms. The van der Waals surface area contributed by atoms with Crippen LogP contribution in [-0.2, 0) is 4.79 Å². The highest BCUT2D eigenvalue weighted by Gasteiger charge is 1.99. The van der Waals surface area contributed by atoms with Gasteiger partial charge < -0.3 is 5.32 Å². The van der Waals surface area contributed by atoms with Crippen molar-refractivity contribution < 1.29 is 4.79 Å². The van der Waals surface area contributed by atoms with Crippen LogP contribution >= 0.6 is 12.6 Å². The van der Waals surface area contributed by atoms with Crippen molar-refractivity contribution in [2.75, 3.05) is 5.75 Å². The predicted octanol–water partition coefficient (Wildman–Crippen LogP) is 5.90. The van der Waals surface area contributed by atoms with E-state index in [1.165, 1.54) is 6.42 Å². The largest absolute Gasteiger partial charge is 0.352 e. The van der Waals surface area contributed by atoms with Gasteiger partial charge in [0.25, 0.3) is 0 Å². The maximum atomic E-state index is 10.1. The van der Waals surface area contributed by atoms with E-state index in [9.17, 15) is 4.79 Å². The standard InChI is InChI=1S/C9H11NO.C3H8.C2H6S.2C2H6/c1-8(10-7-11)9-5-3-2-4-6-9;1-3-2;1-2-3;2*1-2/h2-8H,1H3,(H,10,11);3H2,1-2H3;3H,2H2,1H3;2*1-2H3. The highest BCUT2D eigenvalue weighted by molar-refractivity contribution is 7.80. The van der Waals surface area contributed by atoms with E-state index in [0.717, 1.165) is 17.7 Å². The Morgan fingerprint density at radius 3 is 1.67 bits per heavy atom. The fourth-order valence-corrected chi connectivity index (χ4v) is 0.940. The number of thiol groups is 1. The maximum Gasteiger partial charge on any atom is 0.207 e. The Bertz CT molecular complexity index is 251. The number of hydrogen-bond donors (Lipinski definition) is 2. The lowest BCUT2D eigenvalue weighted by molar-refractivity contribution is -0.110.